The molecule has 0 bridgehead atoms. The van der Waals surface area contributed by atoms with Crippen LogP contribution in [0.15, 0.2) is 79.0 Å². The molecule has 2 heterocycles. The summed E-state index contributed by atoms with van der Waals surface area (Å²) >= 11 is 6.24. The fourth-order valence-corrected chi connectivity index (χ4v) is 5.15. The molecule has 1 aromatic heterocycles. The van der Waals surface area contributed by atoms with Gasteiger partial charge < -0.3 is 19.5 Å². The van der Waals surface area contributed by atoms with Gasteiger partial charge in [0.25, 0.3) is 5.91 Å². The molecule has 1 aliphatic rings. The van der Waals surface area contributed by atoms with Crippen molar-refractivity contribution in [1.82, 2.24) is 14.8 Å². The molecule has 4 aromatic rings. The Labute approximate surface area is 221 Å². The van der Waals surface area contributed by atoms with E-state index in [-0.39, 0.29) is 17.8 Å². The molecule has 0 aliphatic carbocycles. The molecular formula is C30H31ClFN3O2. The minimum atomic E-state index is -0.248. The number of para-hydroxylation sites is 1. The Morgan fingerprint density at radius 1 is 0.973 bits per heavy atom. The van der Waals surface area contributed by atoms with Crippen molar-refractivity contribution in [2.45, 2.75) is 38.5 Å². The number of fused-ring (bicyclic) bond motifs is 1. The second-order valence-electron chi connectivity index (χ2n) is 9.49. The Bertz CT molecular complexity index is 1350. The van der Waals surface area contributed by atoms with E-state index in [1.54, 1.807) is 12.1 Å². The van der Waals surface area contributed by atoms with Crippen LogP contribution in [-0.2, 0) is 13.1 Å². The summed E-state index contributed by atoms with van der Waals surface area (Å²) in [5, 5.41) is 4.62. The summed E-state index contributed by atoms with van der Waals surface area (Å²) in [5.41, 5.74) is 2.64. The predicted octanol–water partition coefficient (Wildman–Crippen LogP) is 6.30. The zero-order valence-electron chi connectivity index (χ0n) is 20.7. The van der Waals surface area contributed by atoms with Gasteiger partial charge in [-0.25, -0.2) is 4.39 Å². The summed E-state index contributed by atoms with van der Waals surface area (Å²) < 4.78 is 21.3. The smallest absolute Gasteiger partial charge is 0.253 e. The molecule has 5 nitrogen and oxygen atoms in total. The van der Waals surface area contributed by atoms with Gasteiger partial charge in [0.1, 0.15) is 17.7 Å². The number of hydrogen-bond donors (Lipinski definition) is 1. The number of amides is 1. The average molecular weight is 520 g/mol. The number of ether oxygens (including phenoxy) is 1. The van der Waals surface area contributed by atoms with Crippen LogP contribution in [0.3, 0.4) is 0 Å². The van der Waals surface area contributed by atoms with Gasteiger partial charge in [-0.05, 0) is 67.8 Å². The first kappa shape index (κ1) is 25.3. The molecule has 0 saturated carbocycles. The molecule has 0 spiro atoms. The largest absolute Gasteiger partial charge is 0.490 e. The number of likely N-dealkylation sites (tertiary alicyclic amines) is 1. The maximum Gasteiger partial charge on any atom is 0.253 e. The van der Waals surface area contributed by atoms with Gasteiger partial charge in [0.15, 0.2) is 0 Å². The Balaban J connectivity index is 1.14. The standard InChI is InChI=1S/C30H31ClFN3O2/c31-28-8-3-1-6-22(28)20-33-30(36)27-21-35(29-9-4-2-7-26(27)29)17-5-16-34-18-14-25(15-19-34)37-24-12-10-23(32)11-13-24/h1-4,6-13,21,25H,5,14-20H2,(H,33,36). The predicted molar refractivity (Wildman–Crippen MR) is 146 cm³/mol. The summed E-state index contributed by atoms with van der Waals surface area (Å²) in [7, 11) is 0. The Morgan fingerprint density at radius 3 is 2.49 bits per heavy atom. The van der Waals surface area contributed by atoms with Crippen molar-refractivity contribution in [2.24, 2.45) is 0 Å². The summed E-state index contributed by atoms with van der Waals surface area (Å²) in [5.74, 6) is 0.381. The number of benzene rings is 3. The van der Waals surface area contributed by atoms with Crippen molar-refractivity contribution in [3.05, 3.63) is 101 Å². The van der Waals surface area contributed by atoms with Crippen LogP contribution in [-0.4, -0.2) is 41.1 Å². The molecule has 7 heteroatoms. The van der Waals surface area contributed by atoms with Crippen LogP contribution in [0.5, 0.6) is 5.75 Å². The lowest BCUT2D eigenvalue weighted by Crippen LogP contribution is -2.38. The Hall–Kier alpha value is -3.35. The molecule has 0 unspecified atom stereocenters. The van der Waals surface area contributed by atoms with E-state index in [2.05, 4.69) is 20.9 Å². The maximum atomic E-state index is 13.1. The molecule has 1 N–H and O–H groups in total. The molecule has 37 heavy (non-hydrogen) atoms. The molecule has 1 saturated heterocycles. The van der Waals surface area contributed by atoms with E-state index in [1.807, 2.05) is 48.7 Å². The van der Waals surface area contributed by atoms with Gasteiger partial charge in [0, 0.05) is 48.3 Å². The zero-order chi connectivity index (χ0) is 25.6. The first-order chi connectivity index (χ1) is 18.1. The second kappa shape index (κ2) is 11.8. The number of aryl methyl sites for hydroxylation is 1. The van der Waals surface area contributed by atoms with E-state index in [0.29, 0.717) is 17.1 Å². The summed E-state index contributed by atoms with van der Waals surface area (Å²) in [6.07, 6.45) is 5.04. The SMILES string of the molecule is O=C(NCc1ccccc1Cl)c1cn(CCCN2CCC(Oc3ccc(F)cc3)CC2)c2ccccc12. The van der Waals surface area contributed by atoms with Gasteiger partial charge >= 0.3 is 0 Å². The lowest BCUT2D eigenvalue weighted by molar-refractivity contribution is 0.0952. The molecule has 3 aromatic carbocycles. The molecule has 1 aliphatic heterocycles. The van der Waals surface area contributed by atoms with Crippen LogP contribution >= 0.6 is 11.6 Å². The minimum Gasteiger partial charge on any atom is -0.490 e. The molecular weight excluding hydrogens is 489 g/mol. The molecule has 1 fully saturated rings. The average Bonchev–Trinajstić information content (AvgIpc) is 3.29. The van der Waals surface area contributed by atoms with Crippen molar-refractivity contribution in [3.8, 4) is 5.75 Å². The summed E-state index contributed by atoms with van der Waals surface area (Å²) in [4.78, 5) is 15.5. The molecule has 0 atom stereocenters. The van der Waals surface area contributed by atoms with Crippen LogP contribution in [0.2, 0.25) is 5.02 Å². The van der Waals surface area contributed by atoms with Crippen molar-refractivity contribution >= 4 is 28.4 Å². The monoisotopic (exact) mass is 519 g/mol. The minimum absolute atomic E-state index is 0.0990. The van der Waals surface area contributed by atoms with E-state index in [9.17, 15) is 9.18 Å². The number of aromatic nitrogens is 1. The zero-order valence-corrected chi connectivity index (χ0v) is 21.5. The number of nitrogens with zero attached hydrogens (tertiary/aromatic N) is 2. The van der Waals surface area contributed by atoms with E-state index in [4.69, 9.17) is 16.3 Å². The lowest BCUT2D eigenvalue weighted by atomic mass is 10.1. The Kier molecular flexibility index (Phi) is 8.07. The molecule has 192 valence electrons. The first-order valence-electron chi connectivity index (χ1n) is 12.8. The van der Waals surface area contributed by atoms with Gasteiger partial charge in [0.2, 0.25) is 0 Å². The highest BCUT2D eigenvalue weighted by Crippen LogP contribution is 2.23. The molecule has 1 amide bonds. The van der Waals surface area contributed by atoms with E-state index >= 15 is 0 Å². The van der Waals surface area contributed by atoms with Gasteiger partial charge in [-0.3, -0.25) is 4.79 Å². The van der Waals surface area contributed by atoms with Gasteiger partial charge in [-0.15, -0.1) is 0 Å². The van der Waals surface area contributed by atoms with Crippen molar-refractivity contribution < 1.29 is 13.9 Å². The van der Waals surface area contributed by atoms with E-state index in [1.165, 1.54) is 12.1 Å². The van der Waals surface area contributed by atoms with Crippen LogP contribution < -0.4 is 10.1 Å². The number of halogens is 2. The van der Waals surface area contributed by atoms with Gasteiger partial charge in [-0.2, -0.15) is 0 Å². The number of piperidine rings is 1. The molecule has 5 rings (SSSR count). The third kappa shape index (κ3) is 6.32. The number of carbonyl (C=O) groups is 1. The van der Waals surface area contributed by atoms with Crippen LogP contribution in [0, 0.1) is 5.82 Å². The van der Waals surface area contributed by atoms with Crippen molar-refractivity contribution in [1.29, 1.82) is 0 Å². The number of rotatable bonds is 9. The second-order valence-corrected chi connectivity index (χ2v) is 9.90. The molecule has 0 radical (unpaired) electrons. The van der Waals surface area contributed by atoms with E-state index < -0.39 is 0 Å². The topological polar surface area (TPSA) is 46.5 Å². The number of carbonyl (C=O) groups excluding carboxylic acids is 1. The third-order valence-corrected chi connectivity index (χ3v) is 7.32. The summed E-state index contributed by atoms with van der Waals surface area (Å²) in [6, 6.07) is 21.8. The van der Waals surface area contributed by atoms with E-state index in [0.717, 1.165) is 67.7 Å². The number of nitrogens with one attached hydrogen (secondary N) is 1. The van der Waals surface area contributed by atoms with Crippen LogP contribution in [0.1, 0.15) is 35.2 Å². The maximum absolute atomic E-state index is 13.1. The first-order valence-corrected chi connectivity index (χ1v) is 13.2. The van der Waals surface area contributed by atoms with Crippen LogP contribution in [0.4, 0.5) is 4.39 Å². The van der Waals surface area contributed by atoms with Gasteiger partial charge in [-0.1, -0.05) is 48.0 Å². The fraction of sp³-hybridized carbons (Fsp3) is 0.300. The summed E-state index contributed by atoms with van der Waals surface area (Å²) in [6.45, 7) is 4.18. The number of hydrogen-bond acceptors (Lipinski definition) is 3. The third-order valence-electron chi connectivity index (χ3n) is 6.95. The quantitative estimate of drug-likeness (QED) is 0.282. The van der Waals surface area contributed by atoms with Crippen molar-refractivity contribution in [2.75, 3.05) is 19.6 Å². The fourth-order valence-electron chi connectivity index (χ4n) is 4.95. The highest BCUT2D eigenvalue weighted by Gasteiger charge is 2.21. The lowest BCUT2D eigenvalue weighted by Gasteiger charge is -2.32. The Morgan fingerprint density at radius 2 is 1.70 bits per heavy atom. The highest BCUT2D eigenvalue weighted by molar-refractivity contribution is 6.31. The normalized spacial score (nSPS) is 14.6. The van der Waals surface area contributed by atoms with Gasteiger partial charge in [0.05, 0.1) is 5.56 Å². The van der Waals surface area contributed by atoms with Crippen LogP contribution in [0.25, 0.3) is 10.9 Å². The van der Waals surface area contributed by atoms with Crippen molar-refractivity contribution in [3.63, 3.8) is 0 Å². The highest BCUT2D eigenvalue weighted by atomic mass is 35.5.